The SMILES string of the molecule is CC(C)(Cc1cccc2cc(N(I)c3ccc4oc5ccccc5c4c3)ccc12)c1ccc(N(I)c2ccc3ccccc3c2)cc1. The van der Waals surface area contributed by atoms with Crippen molar-refractivity contribution < 1.29 is 4.42 Å². The average Bonchev–Trinajstić information content (AvgIpc) is 3.48. The van der Waals surface area contributed by atoms with Crippen molar-refractivity contribution >= 4 is 112 Å². The van der Waals surface area contributed by atoms with E-state index in [1.807, 2.05) is 12.1 Å². The van der Waals surface area contributed by atoms with Gasteiger partial charge >= 0.3 is 0 Å². The largest absolute Gasteiger partial charge is 0.456 e. The van der Waals surface area contributed by atoms with Gasteiger partial charge in [-0.15, -0.1) is 0 Å². The lowest BCUT2D eigenvalue weighted by Gasteiger charge is -2.27. The van der Waals surface area contributed by atoms with E-state index in [9.17, 15) is 0 Å². The molecular formula is C42H32I2N2O. The van der Waals surface area contributed by atoms with E-state index in [2.05, 4.69) is 199 Å². The maximum atomic E-state index is 6.06. The number of anilines is 4. The van der Waals surface area contributed by atoms with Crippen LogP contribution in [-0.2, 0) is 11.8 Å². The average molecular weight is 835 g/mol. The van der Waals surface area contributed by atoms with Crippen LogP contribution >= 0.6 is 45.7 Å². The number of hydrogen-bond donors (Lipinski definition) is 0. The Morgan fingerprint density at radius 3 is 1.91 bits per heavy atom. The molecule has 5 heteroatoms. The van der Waals surface area contributed by atoms with E-state index in [4.69, 9.17) is 4.42 Å². The number of rotatable bonds is 7. The van der Waals surface area contributed by atoms with Gasteiger partial charge < -0.3 is 4.42 Å². The van der Waals surface area contributed by atoms with Crippen LogP contribution in [0.4, 0.5) is 22.7 Å². The van der Waals surface area contributed by atoms with Gasteiger partial charge in [0.15, 0.2) is 0 Å². The molecule has 47 heavy (non-hydrogen) atoms. The molecule has 0 radical (unpaired) electrons. The van der Waals surface area contributed by atoms with Gasteiger partial charge in [-0.05, 0) is 105 Å². The van der Waals surface area contributed by atoms with Crippen molar-refractivity contribution in [2.24, 2.45) is 0 Å². The zero-order chi connectivity index (χ0) is 32.1. The molecule has 0 saturated carbocycles. The molecule has 8 rings (SSSR count). The van der Waals surface area contributed by atoms with Crippen LogP contribution in [0.3, 0.4) is 0 Å². The Morgan fingerprint density at radius 2 is 1.09 bits per heavy atom. The predicted molar refractivity (Wildman–Crippen MR) is 217 cm³/mol. The minimum absolute atomic E-state index is 0.0391. The lowest BCUT2D eigenvalue weighted by molar-refractivity contribution is 0.524. The number of fused-ring (bicyclic) bond motifs is 5. The smallest absolute Gasteiger partial charge is 0.135 e. The summed E-state index contributed by atoms with van der Waals surface area (Å²) in [5, 5.41) is 7.34. The van der Waals surface area contributed by atoms with Crippen molar-refractivity contribution in [1.82, 2.24) is 0 Å². The molecule has 230 valence electrons. The third-order valence-electron chi connectivity index (χ3n) is 9.24. The fraction of sp³-hybridized carbons (Fsp3) is 0.0952. The van der Waals surface area contributed by atoms with Crippen molar-refractivity contribution in [3.8, 4) is 0 Å². The van der Waals surface area contributed by atoms with Crippen LogP contribution in [0.5, 0.6) is 0 Å². The standard InChI is InChI=1S/C42H32I2N2O/c1-42(2,32-15-18-33(19-16-32)45(43)34-17-14-28-8-3-4-9-29(28)24-34)27-31-11-7-10-30-25-35(20-22-37(30)31)46(44)36-21-23-41-39(26-36)38-12-5-6-13-40(38)47-41/h3-26H,27H2,1-2H3. The van der Waals surface area contributed by atoms with E-state index in [0.29, 0.717) is 0 Å². The summed E-state index contributed by atoms with van der Waals surface area (Å²) < 4.78 is 10.5. The summed E-state index contributed by atoms with van der Waals surface area (Å²) >= 11 is 4.82. The molecule has 0 aliphatic rings. The Hall–Kier alpha value is -4.08. The van der Waals surface area contributed by atoms with Gasteiger partial charge in [-0.1, -0.05) is 98.8 Å². The molecule has 0 unspecified atom stereocenters. The van der Waals surface area contributed by atoms with Crippen LogP contribution in [0.15, 0.2) is 150 Å². The highest BCUT2D eigenvalue weighted by atomic mass is 127. The summed E-state index contributed by atoms with van der Waals surface area (Å²) in [4.78, 5) is 0. The first-order valence-corrected chi connectivity index (χ1v) is 17.7. The van der Waals surface area contributed by atoms with Gasteiger partial charge in [-0.3, -0.25) is 6.23 Å². The molecule has 0 fully saturated rings. The molecule has 0 N–H and O–H groups in total. The summed E-state index contributed by atoms with van der Waals surface area (Å²) in [6.07, 6.45) is 0.944. The zero-order valence-corrected chi connectivity index (χ0v) is 30.4. The topological polar surface area (TPSA) is 19.6 Å². The van der Waals surface area contributed by atoms with Crippen molar-refractivity contribution in [2.75, 3.05) is 6.23 Å². The second-order valence-electron chi connectivity index (χ2n) is 12.8. The van der Waals surface area contributed by atoms with E-state index >= 15 is 0 Å². The highest BCUT2D eigenvalue weighted by Gasteiger charge is 2.23. The minimum atomic E-state index is -0.0391. The van der Waals surface area contributed by atoms with Gasteiger partial charge in [-0.25, -0.2) is 0 Å². The summed E-state index contributed by atoms with van der Waals surface area (Å²) in [5.74, 6) is 0. The third-order valence-corrected chi connectivity index (χ3v) is 11.5. The Balaban J connectivity index is 1.03. The first-order valence-electron chi connectivity index (χ1n) is 15.8. The number of furan rings is 1. The zero-order valence-electron chi connectivity index (χ0n) is 26.1. The highest BCUT2D eigenvalue weighted by Crippen LogP contribution is 2.39. The van der Waals surface area contributed by atoms with Gasteiger partial charge in [0.05, 0.1) is 68.5 Å². The molecule has 0 spiro atoms. The lowest BCUT2D eigenvalue weighted by Crippen LogP contribution is -2.20. The molecule has 0 saturated heterocycles. The second-order valence-corrected chi connectivity index (χ2v) is 14.7. The van der Waals surface area contributed by atoms with Crippen LogP contribution in [0.1, 0.15) is 25.0 Å². The number of nitrogens with zero attached hydrogens (tertiary/aromatic N) is 2. The molecule has 0 amide bonds. The quantitative estimate of drug-likeness (QED) is 0.118. The van der Waals surface area contributed by atoms with Gasteiger partial charge in [0.1, 0.15) is 11.2 Å². The van der Waals surface area contributed by atoms with Crippen LogP contribution in [0.2, 0.25) is 0 Å². The Bertz CT molecular complexity index is 2410. The molecule has 7 aromatic carbocycles. The van der Waals surface area contributed by atoms with Crippen LogP contribution in [0, 0.1) is 0 Å². The molecule has 1 aromatic heterocycles. The summed E-state index contributed by atoms with van der Waals surface area (Å²) in [6, 6.07) is 52.4. The normalized spacial score (nSPS) is 11.9. The van der Waals surface area contributed by atoms with Crippen molar-refractivity contribution in [3.05, 3.63) is 157 Å². The maximum absolute atomic E-state index is 6.06. The predicted octanol–water partition coefficient (Wildman–Crippen LogP) is 13.4. The molecule has 0 aliphatic heterocycles. The summed E-state index contributed by atoms with van der Waals surface area (Å²) in [6.45, 7) is 4.70. The molecule has 3 nitrogen and oxygen atoms in total. The fourth-order valence-electron chi connectivity index (χ4n) is 6.67. The summed E-state index contributed by atoms with van der Waals surface area (Å²) in [7, 11) is 0. The molecule has 0 aliphatic carbocycles. The molecule has 0 atom stereocenters. The number of para-hydroxylation sites is 1. The van der Waals surface area contributed by atoms with Crippen molar-refractivity contribution in [2.45, 2.75) is 25.7 Å². The van der Waals surface area contributed by atoms with Crippen LogP contribution < -0.4 is 6.23 Å². The molecule has 0 bridgehead atoms. The number of benzene rings is 7. The van der Waals surface area contributed by atoms with Crippen LogP contribution in [-0.4, -0.2) is 0 Å². The van der Waals surface area contributed by atoms with E-state index in [-0.39, 0.29) is 5.41 Å². The van der Waals surface area contributed by atoms with Gasteiger partial charge in [0.2, 0.25) is 0 Å². The van der Waals surface area contributed by atoms with Gasteiger partial charge in [-0.2, -0.15) is 0 Å². The molecule has 1 heterocycles. The van der Waals surface area contributed by atoms with Crippen molar-refractivity contribution in [3.63, 3.8) is 0 Å². The van der Waals surface area contributed by atoms with E-state index in [0.717, 1.165) is 39.7 Å². The first kappa shape index (κ1) is 30.3. The number of halogens is 2. The van der Waals surface area contributed by atoms with Crippen molar-refractivity contribution in [1.29, 1.82) is 0 Å². The Labute approximate surface area is 302 Å². The Morgan fingerprint density at radius 1 is 0.489 bits per heavy atom. The highest BCUT2D eigenvalue weighted by molar-refractivity contribution is 14.1. The number of hydrogen-bond acceptors (Lipinski definition) is 3. The summed E-state index contributed by atoms with van der Waals surface area (Å²) in [5.41, 5.74) is 9.10. The minimum Gasteiger partial charge on any atom is -0.456 e. The maximum Gasteiger partial charge on any atom is 0.135 e. The Kier molecular flexibility index (Phi) is 7.84. The first-order chi connectivity index (χ1) is 22.8. The van der Waals surface area contributed by atoms with Crippen LogP contribution in [0.25, 0.3) is 43.5 Å². The van der Waals surface area contributed by atoms with Gasteiger partial charge in [0.25, 0.3) is 0 Å². The molecular weight excluding hydrogens is 802 g/mol. The fourth-order valence-corrected chi connectivity index (χ4v) is 7.89. The van der Waals surface area contributed by atoms with E-state index < -0.39 is 0 Å². The lowest BCUT2D eigenvalue weighted by atomic mass is 9.78. The van der Waals surface area contributed by atoms with E-state index in [1.165, 1.54) is 44.0 Å². The third kappa shape index (κ3) is 5.74. The molecule has 8 aromatic rings. The van der Waals surface area contributed by atoms with E-state index in [1.54, 1.807) is 0 Å². The van der Waals surface area contributed by atoms with Gasteiger partial charge in [0, 0.05) is 10.8 Å². The monoisotopic (exact) mass is 834 g/mol. The second kappa shape index (κ2) is 12.2.